The van der Waals surface area contributed by atoms with Crippen LogP contribution >= 0.6 is 8.03 Å². The first kappa shape index (κ1) is 24.2. The number of amides is 1. The highest BCUT2D eigenvalue weighted by Crippen LogP contribution is 2.34. The molecule has 1 heterocycles. The lowest BCUT2D eigenvalue weighted by molar-refractivity contribution is -0.150. The molecule has 2 aromatic rings. The van der Waals surface area contributed by atoms with Gasteiger partial charge in [0.1, 0.15) is 12.1 Å². The van der Waals surface area contributed by atoms with Gasteiger partial charge in [-0.05, 0) is 43.7 Å². The van der Waals surface area contributed by atoms with Crippen LogP contribution in [0.25, 0.3) is 0 Å². The molecule has 1 aliphatic heterocycles. The monoisotopic (exact) mass is 458 g/mol. The number of nitrogens with zero attached hydrogens (tertiary/aromatic N) is 1. The summed E-state index contributed by atoms with van der Waals surface area (Å²) in [5.74, 6) is -1.84. The summed E-state index contributed by atoms with van der Waals surface area (Å²) in [4.78, 5) is 25.5. The summed E-state index contributed by atoms with van der Waals surface area (Å²) in [6, 6.07) is 18.9. The number of carbonyl (C=O) groups is 2. The molecule has 0 radical (unpaired) electrons. The lowest BCUT2D eigenvalue weighted by atomic mass is 10.1. The second kappa shape index (κ2) is 12.0. The standard InChI is InChI=1S/C24H31N2O5P/c1-18(23(27)26-16-8-13-21(26)24(28)29)31-32(30)22(15-14-19-9-4-2-5-10-19)25-17-20-11-6-3-7-12-20/h2-7,9-12,18,21-22,25,32H,8,13-17H2,1H3,(H,28,29)/t18-,21-,22?/m0/s1. The van der Waals surface area contributed by atoms with E-state index >= 15 is 0 Å². The van der Waals surface area contributed by atoms with Crippen molar-refractivity contribution in [1.82, 2.24) is 10.2 Å². The summed E-state index contributed by atoms with van der Waals surface area (Å²) in [7, 11) is -2.63. The molecule has 8 heteroatoms. The molecule has 1 amide bonds. The number of carboxylic acid groups (broad SMARTS) is 1. The highest BCUT2D eigenvalue weighted by molar-refractivity contribution is 7.40. The van der Waals surface area contributed by atoms with Crippen molar-refractivity contribution in [3.63, 3.8) is 0 Å². The minimum atomic E-state index is -2.63. The number of hydrogen-bond acceptors (Lipinski definition) is 5. The predicted octanol–water partition coefficient (Wildman–Crippen LogP) is 3.69. The van der Waals surface area contributed by atoms with E-state index in [9.17, 15) is 19.3 Å². The highest BCUT2D eigenvalue weighted by Gasteiger charge is 2.37. The van der Waals surface area contributed by atoms with Crippen molar-refractivity contribution >= 4 is 19.9 Å². The second-order valence-corrected chi connectivity index (χ2v) is 9.62. The van der Waals surface area contributed by atoms with Gasteiger partial charge in [-0.2, -0.15) is 0 Å². The maximum Gasteiger partial charge on any atom is 0.326 e. The number of hydrogen-bond donors (Lipinski definition) is 2. The predicted molar refractivity (Wildman–Crippen MR) is 124 cm³/mol. The molecule has 1 fully saturated rings. The van der Waals surface area contributed by atoms with Crippen LogP contribution in [0.3, 0.4) is 0 Å². The van der Waals surface area contributed by atoms with Crippen molar-refractivity contribution in [2.45, 2.75) is 57.1 Å². The summed E-state index contributed by atoms with van der Waals surface area (Å²) < 4.78 is 18.8. The fourth-order valence-electron chi connectivity index (χ4n) is 3.92. The molecule has 0 aliphatic carbocycles. The van der Waals surface area contributed by atoms with Crippen LogP contribution in [-0.4, -0.2) is 46.4 Å². The van der Waals surface area contributed by atoms with E-state index in [0.29, 0.717) is 32.4 Å². The Morgan fingerprint density at radius 2 is 1.75 bits per heavy atom. The zero-order valence-corrected chi connectivity index (χ0v) is 19.3. The Kier molecular flexibility index (Phi) is 9.03. The van der Waals surface area contributed by atoms with Crippen molar-refractivity contribution < 1.29 is 23.8 Å². The van der Waals surface area contributed by atoms with E-state index in [1.165, 1.54) is 4.90 Å². The van der Waals surface area contributed by atoms with E-state index in [2.05, 4.69) is 5.32 Å². The van der Waals surface area contributed by atoms with Crippen molar-refractivity contribution in [3.05, 3.63) is 71.8 Å². The smallest absolute Gasteiger partial charge is 0.326 e. The molecule has 172 valence electrons. The lowest BCUT2D eigenvalue weighted by Gasteiger charge is -2.26. The number of likely N-dealkylation sites (tertiary alicyclic amines) is 1. The summed E-state index contributed by atoms with van der Waals surface area (Å²) >= 11 is 0. The summed E-state index contributed by atoms with van der Waals surface area (Å²) in [5.41, 5.74) is 2.21. The maximum absolute atomic E-state index is 13.1. The van der Waals surface area contributed by atoms with Crippen LogP contribution in [0.1, 0.15) is 37.3 Å². The Hall–Kier alpha value is -2.47. The molecule has 3 rings (SSSR count). The molecule has 32 heavy (non-hydrogen) atoms. The third-order valence-corrected chi connectivity index (χ3v) is 7.35. The Morgan fingerprint density at radius 1 is 1.12 bits per heavy atom. The van der Waals surface area contributed by atoms with E-state index in [-0.39, 0.29) is 0 Å². The van der Waals surface area contributed by atoms with Gasteiger partial charge in [-0.3, -0.25) is 9.36 Å². The number of carboxylic acids is 1. The third-order valence-electron chi connectivity index (χ3n) is 5.71. The van der Waals surface area contributed by atoms with Crippen molar-refractivity contribution in [2.24, 2.45) is 0 Å². The normalized spacial score (nSPS) is 18.8. The van der Waals surface area contributed by atoms with Crippen LogP contribution in [0.2, 0.25) is 0 Å². The zero-order chi connectivity index (χ0) is 22.9. The second-order valence-electron chi connectivity index (χ2n) is 8.05. The third kappa shape index (κ3) is 6.76. The molecular formula is C24H31N2O5P. The van der Waals surface area contributed by atoms with Crippen LogP contribution < -0.4 is 5.32 Å². The van der Waals surface area contributed by atoms with Gasteiger partial charge in [0.2, 0.25) is 8.03 Å². The number of aliphatic carboxylic acids is 1. The molecule has 0 spiro atoms. The maximum atomic E-state index is 13.1. The zero-order valence-electron chi connectivity index (χ0n) is 18.3. The van der Waals surface area contributed by atoms with Gasteiger partial charge in [-0.25, -0.2) is 4.79 Å². The molecule has 1 aliphatic rings. The molecule has 2 aromatic carbocycles. The largest absolute Gasteiger partial charge is 0.480 e. The number of aryl methyl sites for hydroxylation is 1. The van der Waals surface area contributed by atoms with E-state index in [4.69, 9.17) is 4.52 Å². The fraction of sp³-hybridized carbons (Fsp3) is 0.417. The van der Waals surface area contributed by atoms with Gasteiger partial charge in [0, 0.05) is 13.1 Å². The summed E-state index contributed by atoms with van der Waals surface area (Å²) in [5, 5.41) is 12.7. The molecule has 2 N–H and O–H groups in total. The molecule has 2 unspecified atom stereocenters. The number of carbonyl (C=O) groups excluding carboxylic acids is 1. The summed E-state index contributed by atoms with van der Waals surface area (Å²) in [6.07, 6.45) is 1.43. The first-order valence-electron chi connectivity index (χ1n) is 11.0. The van der Waals surface area contributed by atoms with E-state index in [0.717, 1.165) is 17.5 Å². The van der Waals surface area contributed by atoms with Crippen molar-refractivity contribution in [2.75, 3.05) is 6.54 Å². The molecular weight excluding hydrogens is 427 g/mol. The first-order chi connectivity index (χ1) is 15.5. The Bertz CT molecular complexity index is 866. The topological polar surface area (TPSA) is 95.9 Å². The van der Waals surface area contributed by atoms with Gasteiger partial charge < -0.3 is 19.8 Å². The summed E-state index contributed by atoms with van der Waals surface area (Å²) in [6.45, 7) is 2.47. The van der Waals surface area contributed by atoms with Gasteiger partial charge in [-0.15, -0.1) is 0 Å². The average Bonchev–Trinajstić information content (AvgIpc) is 3.30. The van der Waals surface area contributed by atoms with Gasteiger partial charge in [0.05, 0.1) is 5.78 Å². The number of benzene rings is 2. The van der Waals surface area contributed by atoms with E-state index < -0.39 is 37.8 Å². The number of rotatable bonds is 11. The Morgan fingerprint density at radius 3 is 2.38 bits per heavy atom. The van der Waals surface area contributed by atoms with Crippen LogP contribution in [-0.2, 0) is 31.6 Å². The average molecular weight is 458 g/mol. The molecule has 0 aromatic heterocycles. The van der Waals surface area contributed by atoms with Crippen LogP contribution in [0.5, 0.6) is 0 Å². The van der Waals surface area contributed by atoms with Crippen molar-refractivity contribution in [3.8, 4) is 0 Å². The first-order valence-corrected chi connectivity index (χ1v) is 12.4. The van der Waals surface area contributed by atoms with Gasteiger partial charge in [0.25, 0.3) is 5.91 Å². The molecule has 1 saturated heterocycles. The highest BCUT2D eigenvalue weighted by atomic mass is 31.1. The van der Waals surface area contributed by atoms with Gasteiger partial charge in [-0.1, -0.05) is 60.7 Å². The van der Waals surface area contributed by atoms with Crippen LogP contribution in [0, 0.1) is 0 Å². The van der Waals surface area contributed by atoms with E-state index in [1.54, 1.807) is 6.92 Å². The van der Waals surface area contributed by atoms with E-state index in [1.807, 2.05) is 60.7 Å². The van der Waals surface area contributed by atoms with Crippen molar-refractivity contribution in [1.29, 1.82) is 0 Å². The van der Waals surface area contributed by atoms with Gasteiger partial charge in [0.15, 0.2) is 0 Å². The van der Waals surface area contributed by atoms with Gasteiger partial charge >= 0.3 is 5.97 Å². The minimum Gasteiger partial charge on any atom is -0.480 e. The SMILES string of the molecule is C[C@H](O[PH](=O)C(CCc1ccccc1)NCc1ccccc1)C(=O)N1CCC[C@H]1C(=O)O. The Labute approximate surface area is 189 Å². The quantitative estimate of drug-likeness (QED) is 0.499. The molecule has 7 nitrogen and oxygen atoms in total. The fourth-order valence-corrected chi connectivity index (χ4v) is 5.19. The molecule has 4 atom stereocenters. The van der Waals surface area contributed by atoms with Crippen LogP contribution in [0.4, 0.5) is 0 Å². The molecule has 0 bridgehead atoms. The molecule has 0 saturated carbocycles. The number of nitrogens with one attached hydrogen (secondary N) is 1. The minimum absolute atomic E-state index is 0.383. The lowest BCUT2D eigenvalue weighted by Crippen LogP contribution is -2.45. The van der Waals surface area contributed by atoms with Crippen LogP contribution in [0.15, 0.2) is 60.7 Å². The Balaban J connectivity index is 1.63.